The summed E-state index contributed by atoms with van der Waals surface area (Å²) in [5, 5.41) is 2.41. The summed E-state index contributed by atoms with van der Waals surface area (Å²) >= 11 is 0. The van der Waals surface area contributed by atoms with Crippen molar-refractivity contribution in [3.63, 3.8) is 0 Å². The fourth-order valence-electron chi connectivity index (χ4n) is 4.96. The van der Waals surface area contributed by atoms with Gasteiger partial charge in [0.15, 0.2) is 11.5 Å². The van der Waals surface area contributed by atoms with Crippen LogP contribution in [-0.4, -0.2) is 52.5 Å². The van der Waals surface area contributed by atoms with Gasteiger partial charge in [-0.2, -0.15) is 4.39 Å². The molecule has 1 aromatic carbocycles. The van der Waals surface area contributed by atoms with Crippen LogP contribution in [0.2, 0.25) is 0 Å². The van der Waals surface area contributed by atoms with Crippen LogP contribution in [0.1, 0.15) is 58.1 Å². The molecule has 0 radical (unpaired) electrons. The average molecular weight is 505 g/mol. The third kappa shape index (κ3) is 4.19. The zero-order valence-corrected chi connectivity index (χ0v) is 19.3. The summed E-state index contributed by atoms with van der Waals surface area (Å²) in [6, 6.07) is 3.07. The van der Waals surface area contributed by atoms with E-state index in [4.69, 9.17) is 4.74 Å². The highest BCUT2D eigenvalue weighted by Gasteiger charge is 2.31. The molecule has 3 aromatic rings. The van der Waals surface area contributed by atoms with Crippen molar-refractivity contribution < 1.29 is 27.1 Å². The molecule has 1 fully saturated rings. The molecule has 2 aliphatic heterocycles. The molecule has 2 aromatic heterocycles. The van der Waals surface area contributed by atoms with Crippen LogP contribution in [0.15, 0.2) is 16.9 Å². The predicted molar refractivity (Wildman–Crippen MR) is 121 cm³/mol. The van der Waals surface area contributed by atoms with Crippen LogP contribution in [0.25, 0.3) is 11.0 Å². The Morgan fingerprint density at radius 2 is 2.00 bits per heavy atom. The molecule has 4 heterocycles. The number of likely N-dealkylation sites (tertiary alicyclic amines) is 1. The lowest BCUT2D eigenvalue weighted by Crippen LogP contribution is -2.33. The summed E-state index contributed by atoms with van der Waals surface area (Å²) in [4.78, 5) is 35.5. The van der Waals surface area contributed by atoms with E-state index in [0.29, 0.717) is 43.5 Å². The van der Waals surface area contributed by atoms with Crippen molar-refractivity contribution in [2.45, 2.75) is 38.2 Å². The second-order valence-electron chi connectivity index (χ2n) is 8.88. The molecule has 8 nitrogen and oxygen atoms in total. The molecule has 2 aliphatic rings. The Hall–Kier alpha value is -3.54. The summed E-state index contributed by atoms with van der Waals surface area (Å²) in [6.45, 7) is 1.50. The quantitative estimate of drug-likeness (QED) is 0.408. The number of halogens is 4. The number of fused-ring (bicyclic) bond motifs is 3. The van der Waals surface area contributed by atoms with Crippen molar-refractivity contribution in [1.29, 1.82) is 0 Å². The van der Waals surface area contributed by atoms with E-state index >= 15 is 4.39 Å². The first-order valence-electron chi connectivity index (χ1n) is 11.6. The lowest BCUT2D eigenvalue weighted by atomic mass is 9.89. The number of alkyl halides is 2. The van der Waals surface area contributed by atoms with Gasteiger partial charge < -0.3 is 15.0 Å². The number of carbonyl (C=O) groups excluding carboxylic acids is 1. The summed E-state index contributed by atoms with van der Waals surface area (Å²) < 4.78 is 62.1. The van der Waals surface area contributed by atoms with Gasteiger partial charge in [0, 0.05) is 36.7 Å². The standard InChI is InChI=1S/C24H23F4N5O3/c1-29-23(34)15-3-2-12(22(28)30-15)11-4-7-33(8-5-11)10-14-16(25)18-17(13-6-9-36-20(13)14)31-19(21(26)27)24(35)32-18/h2-3,11,21H,4-10H2,1H3,(H,29,34)(H,32,35). The number of benzene rings is 1. The summed E-state index contributed by atoms with van der Waals surface area (Å²) in [5.41, 5.74) is -1.12. The number of rotatable bonds is 5. The zero-order valence-electron chi connectivity index (χ0n) is 19.3. The Labute approximate surface area is 202 Å². The first-order chi connectivity index (χ1) is 17.3. The van der Waals surface area contributed by atoms with Crippen LogP contribution in [0.5, 0.6) is 5.75 Å². The molecule has 0 saturated carbocycles. The normalized spacial score (nSPS) is 16.4. The minimum absolute atomic E-state index is 0.00465. The van der Waals surface area contributed by atoms with Crippen molar-refractivity contribution in [3.05, 3.63) is 62.3 Å². The van der Waals surface area contributed by atoms with Gasteiger partial charge in [-0.3, -0.25) is 14.5 Å². The summed E-state index contributed by atoms with van der Waals surface area (Å²) in [6.07, 6.45) is -1.54. The van der Waals surface area contributed by atoms with Crippen LogP contribution in [0.3, 0.4) is 0 Å². The van der Waals surface area contributed by atoms with Crippen LogP contribution in [-0.2, 0) is 13.0 Å². The van der Waals surface area contributed by atoms with Crippen LogP contribution in [0, 0.1) is 11.8 Å². The number of carbonyl (C=O) groups is 1. The van der Waals surface area contributed by atoms with Gasteiger partial charge in [-0.1, -0.05) is 6.07 Å². The number of nitrogens with one attached hydrogen (secondary N) is 2. The molecule has 2 N–H and O–H groups in total. The van der Waals surface area contributed by atoms with Gasteiger partial charge in [0.05, 0.1) is 12.1 Å². The van der Waals surface area contributed by atoms with Gasteiger partial charge in [-0.15, -0.1) is 0 Å². The Bertz CT molecular complexity index is 1400. The first kappa shape index (κ1) is 24.2. The molecule has 0 spiro atoms. The largest absolute Gasteiger partial charge is 0.492 e. The van der Waals surface area contributed by atoms with Crippen molar-refractivity contribution in [3.8, 4) is 5.75 Å². The molecule has 12 heteroatoms. The lowest BCUT2D eigenvalue weighted by molar-refractivity contribution is 0.0956. The highest BCUT2D eigenvalue weighted by molar-refractivity contribution is 5.92. The van der Waals surface area contributed by atoms with E-state index in [2.05, 4.69) is 20.3 Å². The van der Waals surface area contributed by atoms with E-state index in [-0.39, 0.29) is 47.1 Å². The molecular weight excluding hydrogens is 482 g/mol. The molecule has 0 bridgehead atoms. The highest BCUT2D eigenvalue weighted by Crippen LogP contribution is 2.39. The van der Waals surface area contributed by atoms with Crippen molar-refractivity contribution in [2.75, 3.05) is 26.7 Å². The second-order valence-corrected chi connectivity index (χ2v) is 8.88. The predicted octanol–water partition coefficient (Wildman–Crippen LogP) is 3.21. The smallest absolute Gasteiger partial charge is 0.285 e. The minimum Gasteiger partial charge on any atom is -0.492 e. The first-order valence-corrected chi connectivity index (χ1v) is 11.6. The average Bonchev–Trinajstić information content (AvgIpc) is 3.36. The van der Waals surface area contributed by atoms with Crippen LogP contribution >= 0.6 is 0 Å². The molecule has 0 aliphatic carbocycles. The van der Waals surface area contributed by atoms with E-state index in [0.717, 1.165) is 0 Å². The molecular formula is C24H23F4N5O3. The van der Waals surface area contributed by atoms with E-state index in [9.17, 15) is 22.8 Å². The van der Waals surface area contributed by atoms with E-state index in [1.807, 2.05) is 4.90 Å². The Morgan fingerprint density at radius 3 is 2.67 bits per heavy atom. The Kier molecular flexibility index (Phi) is 6.37. The molecule has 190 valence electrons. The van der Waals surface area contributed by atoms with Gasteiger partial charge in [0.2, 0.25) is 5.95 Å². The van der Waals surface area contributed by atoms with Crippen LogP contribution < -0.4 is 15.6 Å². The Balaban J connectivity index is 1.38. The maximum Gasteiger partial charge on any atom is 0.285 e. The number of ether oxygens (including phenoxy) is 1. The molecule has 1 amide bonds. The zero-order chi connectivity index (χ0) is 25.6. The maximum absolute atomic E-state index is 15.5. The lowest BCUT2D eigenvalue weighted by Gasteiger charge is -2.32. The molecule has 1 saturated heterocycles. The van der Waals surface area contributed by atoms with Gasteiger partial charge in [-0.25, -0.2) is 23.1 Å². The summed E-state index contributed by atoms with van der Waals surface area (Å²) in [5.74, 6) is -1.73. The van der Waals surface area contributed by atoms with E-state index in [1.54, 1.807) is 6.07 Å². The third-order valence-electron chi connectivity index (χ3n) is 6.81. The topological polar surface area (TPSA) is 100 Å². The van der Waals surface area contributed by atoms with Gasteiger partial charge >= 0.3 is 0 Å². The number of hydrogen-bond acceptors (Lipinski definition) is 6. The van der Waals surface area contributed by atoms with Crippen LogP contribution in [0.4, 0.5) is 17.6 Å². The van der Waals surface area contributed by atoms with Gasteiger partial charge in [0.25, 0.3) is 17.9 Å². The Morgan fingerprint density at radius 1 is 1.25 bits per heavy atom. The fourth-order valence-corrected chi connectivity index (χ4v) is 4.96. The van der Waals surface area contributed by atoms with Gasteiger partial charge in [0.1, 0.15) is 17.0 Å². The number of aromatic amines is 1. The molecule has 36 heavy (non-hydrogen) atoms. The third-order valence-corrected chi connectivity index (χ3v) is 6.81. The number of amides is 1. The summed E-state index contributed by atoms with van der Waals surface area (Å²) in [7, 11) is 1.44. The second kappa shape index (κ2) is 9.49. The van der Waals surface area contributed by atoms with E-state index in [1.165, 1.54) is 13.1 Å². The number of hydrogen-bond donors (Lipinski definition) is 2. The minimum atomic E-state index is -3.08. The number of pyridine rings is 1. The number of nitrogens with zero attached hydrogens (tertiary/aromatic N) is 3. The van der Waals surface area contributed by atoms with Crippen molar-refractivity contribution in [1.82, 2.24) is 25.2 Å². The van der Waals surface area contributed by atoms with Gasteiger partial charge in [-0.05, 0) is 37.9 Å². The molecule has 0 atom stereocenters. The SMILES string of the molecule is CNC(=O)c1ccc(C2CCN(Cc3c4c(c5nc(C(F)F)c(=O)[nH]c5c3F)CCO4)CC2)c(F)n1. The molecule has 5 rings (SSSR count). The fraction of sp³-hybridized carbons (Fsp3) is 0.417. The molecule has 0 unspecified atom stereocenters. The monoisotopic (exact) mass is 505 g/mol. The number of H-pyrrole nitrogens is 1. The number of aromatic nitrogens is 3. The maximum atomic E-state index is 15.5. The van der Waals surface area contributed by atoms with Crippen molar-refractivity contribution >= 4 is 16.9 Å². The number of piperidine rings is 1. The van der Waals surface area contributed by atoms with E-state index < -0.39 is 35.4 Å². The van der Waals surface area contributed by atoms with Crippen molar-refractivity contribution in [2.24, 2.45) is 0 Å². The highest BCUT2D eigenvalue weighted by atomic mass is 19.3.